The van der Waals surface area contributed by atoms with Gasteiger partial charge >= 0.3 is 5.97 Å². The zero-order valence-corrected chi connectivity index (χ0v) is 20.0. The van der Waals surface area contributed by atoms with Gasteiger partial charge < -0.3 is 9.47 Å². The van der Waals surface area contributed by atoms with Crippen LogP contribution in [0.2, 0.25) is 0 Å². The third-order valence-corrected chi connectivity index (χ3v) is 6.22. The number of benzene rings is 3. The van der Waals surface area contributed by atoms with Crippen molar-refractivity contribution in [1.29, 1.82) is 0 Å². The van der Waals surface area contributed by atoms with Crippen LogP contribution in [-0.2, 0) is 4.74 Å². The molecule has 4 aromatic rings. The molecule has 5 rings (SSSR count). The molecule has 2 heterocycles. The number of para-hydroxylation sites is 1. The van der Waals surface area contributed by atoms with Crippen molar-refractivity contribution in [2.45, 2.75) is 13.0 Å². The average Bonchev–Trinajstić information content (AvgIpc) is 3.47. The summed E-state index contributed by atoms with van der Waals surface area (Å²) in [6, 6.07) is 19.0. The highest BCUT2D eigenvalue weighted by molar-refractivity contribution is 6.12. The van der Waals surface area contributed by atoms with Crippen LogP contribution in [-0.4, -0.2) is 40.7 Å². The van der Waals surface area contributed by atoms with Gasteiger partial charge in [-0.25, -0.2) is 4.79 Å². The molecule has 10 heteroatoms. The van der Waals surface area contributed by atoms with Gasteiger partial charge in [-0.2, -0.15) is 5.10 Å². The predicted molar refractivity (Wildman–Crippen MR) is 135 cm³/mol. The Hall–Kier alpha value is -4.99. The summed E-state index contributed by atoms with van der Waals surface area (Å²) in [5, 5.41) is 19.2. The molecule has 10 nitrogen and oxygen atoms in total. The summed E-state index contributed by atoms with van der Waals surface area (Å²) in [5.41, 5.74) is 3.00. The number of ether oxygens (including phenoxy) is 2. The van der Waals surface area contributed by atoms with E-state index in [1.54, 1.807) is 68.6 Å². The number of methoxy groups -OCH3 is 1. The normalized spacial score (nSPS) is 14.4. The fourth-order valence-corrected chi connectivity index (χ4v) is 4.53. The number of amides is 1. The lowest BCUT2D eigenvalue weighted by Gasteiger charge is -2.26. The molecule has 0 saturated heterocycles. The number of aromatic nitrogens is 2. The van der Waals surface area contributed by atoms with Gasteiger partial charge in [0.1, 0.15) is 11.4 Å². The molecule has 0 saturated carbocycles. The number of anilines is 1. The van der Waals surface area contributed by atoms with Gasteiger partial charge in [-0.15, -0.1) is 0 Å². The Kier molecular flexibility index (Phi) is 6.14. The first-order valence-electron chi connectivity index (χ1n) is 11.5. The second-order valence-electron chi connectivity index (χ2n) is 8.25. The molecular formula is C27H22N4O6. The van der Waals surface area contributed by atoms with Crippen LogP contribution in [0.5, 0.6) is 5.75 Å². The van der Waals surface area contributed by atoms with Crippen LogP contribution in [0, 0.1) is 10.1 Å². The number of nitrogens with one attached hydrogen (secondary N) is 1. The molecule has 0 radical (unpaired) electrons. The van der Waals surface area contributed by atoms with E-state index in [1.807, 2.05) is 12.1 Å². The number of esters is 1. The van der Waals surface area contributed by atoms with E-state index in [-0.39, 0.29) is 18.0 Å². The summed E-state index contributed by atoms with van der Waals surface area (Å²) in [6.45, 7) is 1.95. The van der Waals surface area contributed by atoms with E-state index in [0.29, 0.717) is 39.4 Å². The molecule has 37 heavy (non-hydrogen) atoms. The molecule has 1 N–H and O–H groups in total. The van der Waals surface area contributed by atoms with Crippen molar-refractivity contribution in [3.05, 3.63) is 105 Å². The van der Waals surface area contributed by atoms with Crippen molar-refractivity contribution in [3.63, 3.8) is 0 Å². The van der Waals surface area contributed by atoms with E-state index in [1.165, 1.54) is 11.0 Å². The first-order valence-corrected chi connectivity index (χ1v) is 11.5. The molecule has 0 unspecified atom stereocenters. The monoisotopic (exact) mass is 498 g/mol. The third-order valence-electron chi connectivity index (χ3n) is 6.22. The van der Waals surface area contributed by atoms with Gasteiger partial charge in [-0.05, 0) is 61.5 Å². The summed E-state index contributed by atoms with van der Waals surface area (Å²) >= 11 is 0. The highest BCUT2D eigenvalue weighted by atomic mass is 16.6. The number of carbonyl (C=O) groups is 2. The van der Waals surface area contributed by atoms with E-state index in [9.17, 15) is 19.7 Å². The lowest BCUT2D eigenvalue weighted by atomic mass is 9.94. The molecule has 1 aliphatic rings. The van der Waals surface area contributed by atoms with Gasteiger partial charge in [-0.1, -0.05) is 12.1 Å². The van der Waals surface area contributed by atoms with Gasteiger partial charge in [0, 0.05) is 22.9 Å². The van der Waals surface area contributed by atoms with Crippen LogP contribution in [0.4, 0.5) is 11.4 Å². The molecule has 0 spiro atoms. The number of rotatable bonds is 7. The minimum absolute atomic E-state index is 0.122. The maximum atomic E-state index is 13.7. The van der Waals surface area contributed by atoms with Gasteiger partial charge in [0.05, 0.1) is 41.5 Å². The van der Waals surface area contributed by atoms with E-state index in [2.05, 4.69) is 10.2 Å². The van der Waals surface area contributed by atoms with E-state index in [0.717, 1.165) is 0 Å². The van der Waals surface area contributed by atoms with Crippen LogP contribution in [0.3, 0.4) is 0 Å². The molecule has 186 valence electrons. The Balaban J connectivity index is 1.67. The van der Waals surface area contributed by atoms with Gasteiger partial charge in [0.2, 0.25) is 0 Å². The molecule has 0 aliphatic carbocycles. The minimum Gasteiger partial charge on any atom is -0.497 e. The number of H-pyrrole nitrogens is 1. The SMILES string of the molecule is CCOC(=O)c1ccc(N2C(=O)c3[nH]nc(-c4ccc(OC)cc4)c3[C@H]2c2ccccc2[N+](=O)[O-])cc1. The lowest BCUT2D eigenvalue weighted by molar-refractivity contribution is -0.385. The van der Waals surface area contributed by atoms with Gasteiger partial charge in [0.25, 0.3) is 11.6 Å². The van der Waals surface area contributed by atoms with Crippen molar-refractivity contribution in [1.82, 2.24) is 10.2 Å². The smallest absolute Gasteiger partial charge is 0.338 e. The van der Waals surface area contributed by atoms with Gasteiger partial charge in [-0.3, -0.25) is 24.9 Å². The number of aromatic amines is 1. The largest absolute Gasteiger partial charge is 0.497 e. The summed E-state index contributed by atoms with van der Waals surface area (Å²) in [6.07, 6.45) is 0. The number of carbonyl (C=O) groups excluding carboxylic acids is 2. The Morgan fingerprint density at radius 2 is 1.78 bits per heavy atom. The van der Waals surface area contributed by atoms with Gasteiger partial charge in [0.15, 0.2) is 0 Å². The number of fused-ring (bicyclic) bond motifs is 1. The van der Waals surface area contributed by atoms with Crippen molar-refractivity contribution >= 4 is 23.3 Å². The Morgan fingerprint density at radius 1 is 1.08 bits per heavy atom. The van der Waals surface area contributed by atoms with Crippen LogP contribution < -0.4 is 9.64 Å². The Bertz CT molecular complexity index is 1490. The second kappa shape index (κ2) is 9.57. The molecule has 1 amide bonds. The maximum Gasteiger partial charge on any atom is 0.338 e. The molecule has 3 aromatic carbocycles. The fourth-order valence-electron chi connectivity index (χ4n) is 4.53. The quantitative estimate of drug-likeness (QED) is 0.218. The number of hydrogen-bond acceptors (Lipinski definition) is 7. The predicted octanol–water partition coefficient (Wildman–Crippen LogP) is 4.92. The van der Waals surface area contributed by atoms with Crippen LogP contribution in [0.25, 0.3) is 11.3 Å². The number of nitro groups is 1. The standard InChI is InChI=1S/C27H22N4O6/c1-3-37-27(33)17-8-12-18(13-9-17)30-25(20-6-4-5-7-21(20)31(34)35)22-23(28-29-24(22)26(30)32)16-10-14-19(36-2)15-11-16/h4-15,25H,3H2,1-2H3,(H,28,29)/t25-/m1/s1. The van der Waals surface area contributed by atoms with Crippen LogP contribution >= 0.6 is 0 Å². The first-order chi connectivity index (χ1) is 17.9. The van der Waals surface area contributed by atoms with Crippen molar-refractivity contribution in [2.75, 3.05) is 18.6 Å². The number of hydrogen-bond donors (Lipinski definition) is 1. The zero-order valence-electron chi connectivity index (χ0n) is 20.0. The van der Waals surface area contributed by atoms with Crippen molar-refractivity contribution < 1.29 is 24.0 Å². The maximum absolute atomic E-state index is 13.7. The Morgan fingerprint density at radius 3 is 2.43 bits per heavy atom. The van der Waals surface area contributed by atoms with Crippen molar-refractivity contribution in [3.8, 4) is 17.0 Å². The first kappa shape index (κ1) is 23.7. The summed E-state index contributed by atoms with van der Waals surface area (Å²) < 4.78 is 10.3. The molecule has 1 atom stereocenters. The van der Waals surface area contributed by atoms with Crippen LogP contribution in [0.1, 0.15) is 44.9 Å². The fraction of sp³-hybridized carbons (Fsp3) is 0.148. The highest BCUT2D eigenvalue weighted by Gasteiger charge is 2.45. The van der Waals surface area contributed by atoms with E-state index in [4.69, 9.17) is 9.47 Å². The molecule has 0 bridgehead atoms. The summed E-state index contributed by atoms with van der Waals surface area (Å²) in [7, 11) is 1.57. The van der Waals surface area contributed by atoms with Crippen molar-refractivity contribution in [2.24, 2.45) is 0 Å². The minimum atomic E-state index is -0.839. The van der Waals surface area contributed by atoms with E-state index >= 15 is 0 Å². The molecule has 1 aliphatic heterocycles. The molecule has 1 aromatic heterocycles. The number of nitrogens with zero attached hydrogens (tertiary/aromatic N) is 3. The lowest BCUT2D eigenvalue weighted by Crippen LogP contribution is -2.29. The summed E-state index contributed by atoms with van der Waals surface area (Å²) in [4.78, 5) is 38.8. The van der Waals surface area contributed by atoms with Crippen LogP contribution in [0.15, 0.2) is 72.8 Å². The van der Waals surface area contributed by atoms with E-state index < -0.39 is 22.8 Å². The molecular weight excluding hydrogens is 476 g/mol. The Labute approximate surface area is 211 Å². The topological polar surface area (TPSA) is 128 Å². The third kappa shape index (κ3) is 4.08. The zero-order chi connectivity index (χ0) is 26.1. The summed E-state index contributed by atoms with van der Waals surface area (Å²) in [5.74, 6) is -0.215. The average molecular weight is 498 g/mol. The second-order valence-corrected chi connectivity index (χ2v) is 8.25. The highest BCUT2D eigenvalue weighted by Crippen LogP contribution is 2.47. The number of nitro benzene ring substituents is 1. The molecule has 0 fully saturated rings.